The molecule has 0 unspecified atom stereocenters. The number of halogens is 1. The van der Waals surface area contributed by atoms with Crippen LogP contribution < -0.4 is 10.5 Å². The van der Waals surface area contributed by atoms with Crippen molar-refractivity contribution in [1.82, 2.24) is 0 Å². The van der Waals surface area contributed by atoms with Gasteiger partial charge in [0.05, 0.1) is 9.40 Å². The second-order valence-corrected chi connectivity index (χ2v) is 3.84. The van der Waals surface area contributed by atoms with Crippen molar-refractivity contribution < 1.29 is 9.66 Å². The first kappa shape index (κ1) is 11.9. The van der Waals surface area contributed by atoms with E-state index in [-0.39, 0.29) is 18.0 Å². The summed E-state index contributed by atoms with van der Waals surface area (Å²) in [5.74, 6) is 0.232. The van der Waals surface area contributed by atoms with Crippen LogP contribution in [0.15, 0.2) is 16.6 Å². The monoisotopic (exact) mass is 274 g/mol. The van der Waals surface area contributed by atoms with E-state index >= 15 is 0 Å². The molecule has 0 aliphatic carbocycles. The van der Waals surface area contributed by atoms with Gasteiger partial charge in [-0.25, -0.2) is 0 Å². The predicted octanol–water partition coefficient (Wildman–Crippen LogP) is 2.00. The summed E-state index contributed by atoms with van der Waals surface area (Å²) in [5.41, 5.74) is 6.03. The number of ether oxygens (including phenoxy) is 1. The topological polar surface area (TPSA) is 78.4 Å². The number of rotatable bonds is 4. The largest absolute Gasteiger partial charge is 0.485 e. The highest BCUT2D eigenvalue weighted by Gasteiger charge is 2.18. The van der Waals surface area contributed by atoms with Gasteiger partial charge in [0.25, 0.3) is 0 Å². The summed E-state index contributed by atoms with van der Waals surface area (Å²) >= 11 is 3.23. The maximum atomic E-state index is 10.8. The van der Waals surface area contributed by atoms with E-state index in [1.165, 1.54) is 6.07 Å². The standard InChI is InChI=1S/C9H11BrN2O3/c1-6-4-7(10)9(15-3-2-11)8(5-6)12(13)14/h4-5H,2-3,11H2,1H3. The molecule has 0 amide bonds. The van der Waals surface area contributed by atoms with Crippen molar-refractivity contribution >= 4 is 21.6 Å². The average molecular weight is 275 g/mol. The Morgan fingerprint density at radius 3 is 2.80 bits per heavy atom. The fraction of sp³-hybridized carbons (Fsp3) is 0.333. The van der Waals surface area contributed by atoms with Gasteiger partial charge in [0, 0.05) is 12.6 Å². The third-order valence-electron chi connectivity index (χ3n) is 1.73. The van der Waals surface area contributed by atoms with Gasteiger partial charge in [-0.15, -0.1) is 0 Å². The summed E-state index contributed by atoms with van der Waals surface area (Å²) in [6.45, 7) is 2.35. The van der Waals surface area contributed by atoms with E-state index in [4.69, 9.17) is 10.5 Å². The first-order valence-electron chi connectivity index (χ1n) is 4.33. The van der Waals surface area contributed by atoms with Crippen molar-refractivity contribution in [3.8, 4) is 5.75 Å². The van der Waals surface area contributed by atoms with E-state index in [0.717, 1.165) is 5.56 Å². The van der Waals surface area contributed by atoms with Gasteiger partial charge < -0.3 is 10.5 Å². The molecule has 0 atom stereocenters. The molecular formula is C9H11BrN2O3. The molecule has 6 heteroatoms. The summed E-state index contributed by atoms with van der Waals surface area (Å²) in [7, 11) is 0. The highest BCUT2D eigenvalue weighted by atomic mass is 79.9. The van der Waals surface area contributed by atoms with Crippen LogP contribution in [0.25, 0.3) is 0 Å². The van der Waals surface area contributed by atoms with Crippen molar-refractivity contribution in [2.75, 3.05) is 13.2 Å². The van der Waals surface area contributed by atoms with Gasteiger partial charge in [-0.1, -0.05) is 0 Å². The molecule has 5 nitrogen and oxygen atoms in total. The van der Waals surface area contributed by atoms with Crippen LogP contribution in [0.4, 0.5) is 5.69 Å². The molecule has 0 aliphatic heterocycles. The van der Waals surface area contributed by atoms with Gasteiger partial charge in [-0.05, 0) is 34.5 Å². The molecule has 15 heavy (non-hydrogen) atoms. The molecule has 0 fully saturated rings. The SMILES string of the molecule is Cc1cc(Br)c(OCCN)c([N+](=O)[O-])c1. The number of hydrogen-bond donors (Lipinski definition) is 1. The lowest BCUT2D eigenvalue weighted by molar-refractivity contribution is -0.386. The van der Waals surface area contributed by atoms with Crippen LogP contribution in [0.1, 0.15) is 5.56 Å². The number of hydrogen-bond acceptors (Lipinski definition) is 4. The lowest BCUT2D eigenvalue weighted by Crippen LogP contribution is -2.11. The van der Waals surface area contributed by atoms with E-state index in [1.807, 2.05) is 0 Å². The minimum atomic E-state index is -0.469. The molecule has 0 bridgehead atoms. The van der Waals surface area contributed by atoms with Gasteiger partial charge in [-0.2, -0.15) is 0 Å². The Morgan fingerprint density at radius 2 is 2.27 bits per heavy atom. The molecule has 2 N–H and O–H groups in total. The lowest BCUT2D eigenvalue weighted by Gasteiger charge is -2.08. The van der Waals surface area contributed by atoms with Crippen LogP contribution >= 0.6 is 15.9 Å². The number of aryl methyl sites for hydroxylation is 1. The molecule has 0 saturated heterocycles. The zero-order chi connectivity index (χ0) is 11.4. The fourth-order valence-corrected chi connectivity index (χ4v) is 1.83. The van der Waals surface area contributed by atoms with Gasteiger partial charge >= 0.3 is 5.69 Å². The average Bonchev–Trinajstić information content (AvgIpc) is 2.15. The fourth-order valence-electron chi connectivity index (χ4n) is 1.15. The Bertz CT molecular complexity index is 382. The molecule has 0 radical (unpaired) electrons. The normalized spacial score (nSPS) is 10.1. The van der Waals surface area contributed by atoms with Crippen LogP contribution in [0.3, 0.4) is 0 Å². The molecule has 0 heterocycles. The summed E-state index contributed by atoms with van der Waals surface area (Å²) < 4.78 is 5.79. The highest BCUT2D eigenvalue weighted by molar-refractivity contribution is 9.10. The first-order valence-corrected chi connectivity index (χ1v) is 5.13. The quantitative estimate of drug-likeness (QED) is 0.673. The van der Waals surface area contributed by atoms with Gasteiger partial charge in [0.2, 0.25) is 5.75 Å². The van der Waals surface area contributed by atoms with Crippen molar-refractivity contribution in [3.63, 3.8) is 0 Å². The molecule has 1 rings (SSSR count). The van der Waals surface area contributed by atoms with E-state index in [9.17, 15) is 10.1 Å². The van der Waals surface area contributed by atoms with E-state index in [2.05, 4.69) is 15.9 Å². The first-order chi connectivity index (χ1) is 7.06. The summed E-state index contributed by atoms with van der Waals surface area (Å²) in [5, 5.41) is 10.8. The molecular weight excluding hydrogens is 264 g/mol. The lowest BCUT2D eigenvalue weighted by atomic mass is 10.2. The van der Waals surface area contributed by atoms with Crippen molar-refractivity contribution in [2.24, 2.45) is 5.73 Å². The molecule has 1 aromatic rings. The Hall–Kier alpha value is -1.14. The number of nitrogens with zero attached hydrogens (tertiary/aromatic N) is 1. The maximum absolute atomic E-state index is 10.8. The van der Waals surface area contributed by atoms with Crippen LogP contribution in [-0.2, 0) is 0 Å². The second kappa shape index (κ2) is 5.09. The molecule has 0 spiro atoms. The number of benzene rings is 1. The van der Waals surface area contributed by atoms with E-state index in [1.54, 1.807) is 13.0 Å². The molecule has 1 aromatic carbocycles. The second-order valence-electron chi connectivity index (χ2n) is 2.99. The number of nitro groups is 1. The minimum absolute atomic E-state index is 0.0460. The smallest absolute Gasteiger partial charge is 0.312 e. The number of nitro benzene ring substituents is 1. The van der Waals surface area contributed by atoms with Gasteiger partial charge in [0.15, 0.2) is 0 Å². The van der Waals surface area contributed by atoms with Crippen molar-refractivity contribution in [3.05, 3.63) is 32.3 Å². The molecule has 0 saturated carbocycles. The highest BCUT2D eigenvalue weighted by Crippen LogP contribution is 2.36. The zero-order valence-corrected chi connectivity index (χ0v) is 9.78. The summed E-state index contributed by atoms with van der Waals surface area (Å²) in [4.78, 5) is 10.3. The van der Waals surface area contributed by atoms with Crippen LogP contribution in [0.2, 0.25) is 0 Å². The van der Waals surface area contributed by atoms with Crippen molar-refractivity contribution in [2.45, 2.75) is 6.92 Å². The van der Waals surface area contributed by atoms with Gasteiger partial charge in [-0.3, -0.25) is 10.1 Å². The molecule has 82 valence electrons. The van der Waals surface area contributed by atoms with Crippen molar-refractivity contribution in [1.29, 1.82) is 0 Å². The Morgan fingerprint density at radius 1 is 1.60 bits per heavy atom. The maximum Gasteiger partial charge on any atom is 0.312 e. The van der Waals surface area contributed by atoms with Crippen LogP contribution in [0.5, 0.6) is 5.75 Å². The Balaban J connectivity index is 3.15. The predicted molar refractivity (Wildman–Crippen MR) is 60.1 cm³/mol. The van der Waals surface area contributed by atoms with Gasteiger partial charge in [0.1, 0.15) is 6.61 Å². The summed E-state index contributed by atoms with van der Waals surface area (Å²) in [6.07, 6.45) is 0. The van der Waals surface area contributed by atoms with E-state index in [0.29, 0.717) is 11.0 Å². The summed E-state index contributed by atoms with van der Waals surface area (Å²) in [6, 6.07) is 3.23. The minimum Gasteiger partial charge on any atom is -0.485 e. The molecule has 0 aliphatic rings. The third kappa shape index (κ3) is 2.90. The third-order valence-corrected chi connectivity index (χ3v) is 2.32. The van der Waals surface area contributed by atoms with Crippen LogP contribution in [0, 0.1) is 17.0 Å². The molecule has 0 aromatic heterocycles. The Kier molecular flexibility index (Phi) is 4.05. The number of nitrogens with two attached hydrogens (primary N) is 1. The Labute approximate surface area is 95.5 Å². The van der Waals surface area contributed by atoms with Crippen LogP contribution in [-0.4, -0.2) is 18.1 Å². The van der Waals surface area contributed by atoms with E-state index < -0.39 is 4.92 Å². The zero-order valence-electron chi connectivity index (χ0n) is 8.20.